The fourth-order valence-electron chi connectivity index (χ4n) is 2.51. The van der Waals surface area contributed by atoms with Gasteiger partial charge in [-0.2, -0.15) is 0 Å². The Labute approximate surface area is 149 Å². The van der Waals surface area contributed by atoms with Gasteiger partial charge in [0, 0.05) is 12.2 Å². The number of carboxylic acid groups (broad SMARTS) is 1. The smallest absolute Gasteiger partial charge is 0.335 e. The van der Waals surface area contributed by atoms with E-state index in [0.29, 0.717) is 18.1 Å². The number of carbonyl (C=O) groups excluding carboxylic acids is 2. The van der Waals surface area contributed by atoms with E-state index in [1.807, 2.05) is 0 Å². The van der Waals surface area contributed by atoms with Gasteiger partial charge in [-0.3, -0.25) is 9.59 Å². The first-order chi connectivity index (χ1) is 11.9. The molecule has 1 heterocycles. The number of amides is 2. The fourth-order valence-corrected chi connectivity index (χ4v) is 3.69. The Balaban J connectivity index is 2.32. The number of carboxylic acids is 1. The summed E-state index contributed by atoms with van der Waals surface area (Å²) in [6.07, 6.45) is 0.315. The molecule has 1 saturated heterocycles. The second kappa shape index (κ2) is 8.11. The van der Waals surface area contributed by atoms with Crippen molar-refractivity contribution in [3.8, 4) is 11.5 Å². The zero-order chi connectivity index (χ0) is 18.6. The van der Waals surface area contributed by atoms with Gasteiger partial charge in [0.05, 0.1) is 31.3 Å². The van der Waals surface area contributed by atoms with E-state index in [1.165, 1.54) is 43.0 Å². The highest BCUT2D eigenvalue weighted by Gasteiger charge is 2.34. The SMILES string of the molecule is CCC(=O)N1CSCC1C(=O)Nc1cc(C(=O)O)cc(OC)c1OC. The predicted molar refractivity (Wildman–Crippen MR) is 93.4 cm³/mol. The summed E-state index contributed by atoms with van der Waals surface area (Å²) in [5.41, 5.74) is 0.139. The van der Waals surface area contributed by atoms with Crippen molar-refractivity contribution in [2.75, 3.05) is 31.2 Å². The van der Waals surface area contributed by atoms with Crippen molar-refractivity contribution in [2.45, 2.75) is 19.4 Å². The lowest BCUT2D eigenvalue weighted by Crippen LogP contribution is -2.44. The van der Waals surface area contributed by atoms with Gasteiger partial charge in [0.1, 0.15) is 6.04 Å². The van der Waals surface area contributed by atoms with Crippen molar-refractivity contribution in [1.29, 1.82) is 0 Å². The molecule has 2 N–H and O–H groups in total. The van der Waals surface area contributed by atoms with Crippen LogP contribution in [0.15, 0.2) is 12.1 Å². The van der Waals surface area contributed by atoms with Crippen molar-refractivity contribution in [3.05, 3.63) is 17.7 Å². The first-order valence-electron chi connectivity index (χ1n) is 7.60. The van der Waals surface area contributed by atoms with Crippen LogP contribution in [-0.2, 0) is 9.59 Å². The molecule has 8 nitrogen and oxygen atoms in total. The van der Waals surface area contributed by atoms with E-state index in [-0.39, 0.29) is 28.7 Å². The number of thioether (sulfide) groups is 1. The lowest BCUT2D eigenvalue weighted by molar-refractivity contribution is -0.135. The molecule has 0 aliphatic carbocycles. The number of carbonyl (C=O) groups is 3. The molecule has 0 radical (unpaired) electrons. The van der Waals surface area contributed by atoms with Gasteiger partial charge in [-0.15, -0.1) is 11.8 Å². The monoisotopic (exact) mass is 368 g/mol. The Bertz CT molecular complexity index is 693. The number of nitrogens with zero attached hydrogens (tertiary/aromatic N) is 1. The molecule has 0 spiro atoms. The van der Waals surface area contributed by atoms with E-state index in [4.69, 9.17) is 9.47 Å². The van der Waals surface area contributed by atoms with Crippen LogP contribution in [0.4, 0.5) is 5.69 Å². The van der Waals surface area contributed by atoms with Gasteiger partial charge in [-0.1, -0.05) is 6.92 Å². The molecule has 1 aliphatic heterocycles. The molecule has 0 aromatic heterocycles. The quantitative estimate of drug-likeness (QED) is 0.786. The van der Waals surface area contributed by atoms with Gasteiger partial charge in [0.15, 0.2) is 11.5 Å². The molecule has 1 aliphatic rings. The van der Waals surface area contributed by atoms with Crippen molar-refractivity contribution in [3.63, 3.8) is 0 Å². The summed E-state index contributed by atoms with van der Waals surface area (Å²) in [5.74, 6) is -0.296. The molecular formula is C16H20N2O6S. The summed E-state index contributed by atoms with van der Waals surface area (Å²) in [5, 5.41) is 11.9. The van der Waals surface area contributed by atoms with Gasteiger partial charge in [-0.25, -0.2) is 4.79 Å². The number of ether oxygens (including phenoxy) is 2. The van der Waals surface area contributed by atoms with Crippen LogP contribution in [0.3, 0.4) is 0 Å². The van der Waals surface area contributed by atoms with Crippen LogP contribution in [0, 0.1) is 0 Å². The molecular weight excluding hydrogens is 348 g/mol. The molecule has 9 heteroatoms. The number of rotatable bonds is 6. The number of methoxy groups -OCH3 is 2. The average Bonchev–Trinajstić information content (AvgIpc) is 3.09. The summed E-state index contributed by atoms with van der Waals surface area (Å²) in [6, 6.07) is 2.01. The lowest BCUT2D eigenvalue weighted by atomic mass is 10.1. The third-order valence-electron chi connectivity index (χ3n) is 3.79. The van der Waals surface area contributed by atoms with Crippen LogP contribution in [0.25, 0.3) is 0 Å². The second-order valence-electron chi connectivity index (χ2n) is 5.29. The van der Waals surface area contributed by atoms with Crippen molar-refractivity contribution in [2.24, 2.45) is 0 Å². The predicted octanol–water partition coefficient (Wildman–Crippen LogP) is 1.65. The highest BCUT2D eigenvalue weighted by molar-refractivity contribution is 7.99. The maximum absolute atomic E-state index is 12.6. The van der Waals surface area contributed by atoms with Crippen molar-refractivity contribution >= 4 is 35.2 Å². The summed E-state index contributed by atoms with van der Waals surface area (Å²) in [7, 11) is 2.77. The molecule has 0 bridgehead atoms. The number of hydrogen-bond donors (Lipinski definition) is 2. The van der Waals surface area contributed by atoms with E-state index in [0.717, 1.165) is 0 Å². The molecule has 0 saturated carbocycles. The summed E-state index contributed by atoms with van der Waals surface area (Å²) in [6.45, 7) is 1.74. The molecule has 1 aromatic rings. The average molecular weight is 368 g/mol. The van der Waals surface area contributed by atoms with Crippen LogP contribution < -0.4 is 14.8 Å². The van der Waals surface area contributed by atoms with Gasteiger partial charge in [-0.05, 0) is 12.1 Å². The molecule has 2 amide bonds. The van der Waals surface area contributed by atoms with E-state index < -0.39 is 17.9 Å². The number of aromatic carboxylic acids is 1. The van der Waals surface area contributed by atoms with E-state index in [1.54, 1.807) is 6.92 Å². The van der Waals surface area contributed by atoms with E-state index >= 15 is 0 Å². The molecule has 136 valence electrons. The van der Waals surface area contributed by atoms with E-state index in [2.05, 4.69) is 5.32 Å². The van der Waals surface area contributed by atoms with Crippen LogP contribution in [-0.4, -0.2) is 59.7 Å². The summed E-state index contributed by atoms with van der Waals surface area (Å²) >= 11 is 1.49. The Morgan fingerprint density at radius 3 is 2.60 bits per heavy atom. The topological polar surface area (TPSA) is 105 Å². The van der Waals surface area contributed by atoms with Gasteiger partial charge in [0.25, 0.3) is 0 Å². The van der Waals surface area contributed by atoms with Crippen molar-refractivity contribution < 1.29 is 29.0 Å². The number of hydrogen-bond acceptors (Lipinski definition) is 6. The van der Waals surface area contributed by atoms with Crippen LogP contribution in [0.1, 0.15) is 23.7 Å². The minimum absolute atomic E-state index is 0.0461. The molecule has 1 atom stereocenters. The standard InChI is InChI=1S/C16H20N2O6S/c1-4-13(19)18-8-25-7-11(18)15(20)17-10-5-9(16(21)22)6-12(23-2)14(10)24-3/h5-6,11H,4,7-8H2,1-3H3,(H,17,20)(H,21,22). The first-order valence-corrected chi connectivity index (χ1v) is 8.75. The Kier molecular flexibility index (Phi) is 6.13. The molecule has 1 fully saturated rings. The number of anilines is 1. The molecule has 2 rings (SSSR count). The maximum atomic E-state index is 12.6. The van der Waals surface area contributed by atoms with Gasteiger partial charge >= 0.3 is 5.97 Å². The molecule has 1 unspecified atom stereocenters. The van der Waals surface area contributed by atoms with Crippen LogP contribution in [0.5, 0.6) is 11.5 Å². The van der Waals surface area contributed by atoms with Crippen LogP contribution >= 0.6 is 11.8 Å². The Morgan fingerprint density at radius 2 is 2.04 bits per heavy atom. The lowest BCUT2D eigenvalue weighted by Gasteiger charge is -2.23. The normalized spacial score (nSPS) is 16.4. The zero-order valence-corrected chi connectivity index (χ0v) is 15.0. The second-order valence-corrected chi connectivity index (χ2v) is 6.29. The number of nitrogens with one attached hydrogen (secondary N) is 1. The van der Waals surface area contributed by atoms with E-state index in [9.17, 15) is 19.5 Å². The highest BCUT2D eigenvalue weighted by Crippen LogP contribution is 2.37. The minimum atomic E-state index is -1.16. The van der Waals surface area contributed by atoms with Gasteiger partial charge < -0.3 is 24.8 Å². The third-order valence-corrected chi connectivity index (χ3v) is 4.80. The maximum Gasteiger partial charge on any atom is 0.335 e. The first kappa shape index (κ1) is 18.9. The van der Waals surface area contributed by atoms with Crippen molar-refractivity contribution in [1.82, 2.24) is 4.90 Å². The highest BCUT2D eigenvalue weighted by atomic mass is 32.2. The van der Waals surface area contributed by atoms with Gasteiger partial charge in [0.2, 0.25) is 11.8 Å². The fraction of sp³-hybridized carbons (Fsp3) is 0.438. The molecule has 25 heavy (non-hydrogen) atoms. The molecule has 1 aromatic carbocycles. The summed E-state index contributed by atoms with van der Waals surface area (Å²) in [4.78, 5) is 37.4. The third kappa shape index (κ3) is 3.98. The zero-order valence-electron chi connectivity index (χ0n) is 14.2. The Morgan fingerprint density at radius 1 is 1.32 bits per heavy atom. The largest absolute Gasteiger partial charge is 0.493 e. The minimum Gasteiger partial charge on any atom is -0.493 e. The summed E-state index contributed by atoms with van der Waals surface area (Å²) < 4.78 is 10.4. The Hall–Kier alpha value is -2.42. The van der Waals surface area contributed by atoms with Crippen LogP contribution in [0.2, 0.25) is 0 Å². The number of benzene rings is 1.